The first kappa shape index (κ1) is 13.1. The van der Waals surface area contributed by atoms with Crippen LogP contribution in [0.2, 0.25) is 0 Å². The van der Waals surface area contributed by atoms with Crippen LogP contribution in [-0.4, -0.2) is 10.9 Å². The van der Waals surface area contributed by atoms with E-state index >= 15 is 0 Å². The Hall–Kier alpha value is -0.900. The molecule has 0 unspecified atom stereocenters. The van der Waals surface area contributed by atoms with Crippen LogP contribution in [0.5, 0.6) is 0 Å². The molecule has 0 aliphatic rings. The maximum Gasteiger partial charge on any atom is 0.277 e. The van der Waals surface area contributed by atoms with E-state index in [1.807, 2.05) is 13.8 Å². The Kier molecular flexibility index (Phi) is 4.77. The summed E-state index contributed by atoms with van der Waals surface area (Å²) in [5, 5.41) is 0.389. The molecular weight excluding hydrogens is 196 g/mol. The first-order chi connectivity index (χ1) is 6.41. The molecule has 2 N–H and O–H groups in total. The maximum absolute atomic E-state index is 10.7. The maximum atomic E-state index is 10.7. The van der Waals surface area contributed by atoms with Crippen LogP contribution in [0.25, 0.3) is 0 Å². The first-order valence-electron chi connectivity index (χ1n) is 4.67. The average Bonchev–Trinajstić information content (AvgIpc) is 2.54. The molecule has 0 saturated heterocycles. The van der Waals surface area contributed by atoms with Gasteiger partial charge in [0.1, 0.15) is 0 Å². The number of nitrogens with zero attached hydrogens (tertiary/aromatic N) is 1. The Bertz CT molecular complexity index is 305. The molecule has 0 aliphatic heterocycles. The summed E-state index contributed by atoms with van der Waals surface area (Å²) in [6, 6.07) is 0. The van der Waals surface area contributed by atoms with Crippen molar-refractivity contribution in [2.45, 2.75) is 40.0 Å². The monoisotopic (exact) mass is 216 g/mol. The zero-order valence-electron chi connectivity index (χ0n) is 9.42. The summed E-state index contributed by atoms with van der Waals surface area (Å²) in [5.41, 5.74) is 5.13. The summed E-state index contributed by atoms with van der Waals surface area (Å²) < 4.78 is 0. The Balaban J connectivity index is 0. The highest BCUT2D eigenvalue weighted by Gasteiger charge is 2.18. The highest BCUT2D eigenvalue weighted by atomic mass is 32.1. The van der Waals surface area contributed by atoms with E-state index in [4.69, 9.17) is 5.73 Å². The number of carbonyl (C=O) groups excluding carboxylic acids is 1. The lowest BCUT2D eigenvalue weighted by Crippen LogP contribution is -2.10. The van der Waals surface area contributed by atoms with Crippen LogP contribution in [0.1, 0.15) is 50.7 Å². The van der Waals surface area contributed by atoms with Gasteiger partial charge in [-0.05, 0) is 5.41 Å². The smallest absolute Gasteiger partial charge is 0.277 e. The van der Waals surface area contributed by atoms with E-state index in [1.165, 1.54) is 11.3 Å². The molecule has 0 atom stereocenters. The van der Waals surface area contributed by atoms with E-state index in [0.29, 0.717) is 5.01 Å². The molecule has 0 aliphatic carbocycles. The molecule has 0 bridgehead atoms. The first-order valence-corrected chi connectivity index (χ1v) is 5.49. The predicted molar refractivity (Wildman–Crippen MR) is 62.8 cm³/mol. The molecule has 1 amide bonds. The van der Waals surface area contributed by atoms with Gasteiger partial charge in [0.2, 0.25) is 0 Å². The SMILES string of the molecule is CC.CC(C)(C)c1cnc(C(N)=O)s1.[HH]. The van der Waals surface area contributed by atoms with Gasteiger partial charge < -0.3 is 5.73 Å². The van der Waals surface area contributed by atoms with Gasteiger partial charge in [-0.2, -0.15) is 0 Å². The molecule has 1 rings (SSSR count). The molecule has 1 aromatic heterocycles. The summed E-state index contributed by atoms with van der Waals surface area (Å²) in [7, 11) is 0. The van der Waals surface area contributed by atoms with Crippen LogP contribution in [0.15, 0.2) is 6.20 Å². The fraction of sp³-hybridized carbons (Fsp3) is 0.600. The Morgan fingerprint density at radius 1 is 1.50 bits per heavy atom. The quantitative estimate of drug-likeness (QED) is 0.784. The van der Waals surface area contributed by atoms with Crippen molar-refractivity contribution in [2.24, 2.45) is 5.73 Å². The standard InChI is InChI=1S/C8H12N2OS.C2H6.H2/c1-8(2,3)5-4-10-7(12-5)6(9)11;1-2;/h4H,1-3H3,(H2,9,11);1-2H3;1H. The minimum atomic E-state index is -0.449. The van der Waals surface area contributed by atoms with E-state index < -0.39 is 5.91 Å². The van der Waals surface area contributed by atoms with Gasteiger partial charge in [-0.3, -0.25) is 4.79 Å². The summed E-state index contributed by atoms with van der Waals surface area (Å²) in [6.45, 7) is 10.2. The predicted octanol–water partition coefficient (Wildman–Crippen LogP) is 2.81. The van der Waals surface area contributed by atoms with Crippen LogP contribution in [0.3, 0.4) is 0 Å². The number of hydrogen-bond acceptors (Lipinski definition) is 3. The minimum absolute atomic E-state index is 0. The van der Waals surface area contributed by atoms with Gasteiger partial charge in [0.15, 0.2) is 5.01 Å². The van der Waals surface area contributed by atoms with Crippen LogP contribution in [0, 0.1) is 0 Å². The molecule has 0 saturated carbocycles. The van der Waals surface area contributed by atoms with Crippen LogP contribution < -0.4 is 5.73 Å². The second kappa shape index (κ2) is 5.10. The van der Waals surface area contributed by atoms with Crippen LogP contribution in [0.4, 0.5) is 0 Å². The van der Waals surface area contributed by atoms with E-state index in [-0.39, 0.29) is 6.84 Å². The fourth-order valence-electron chi connectivity index (χ4n) is 0.735. The van der Waals surface area contributed by atoms with E-state index in [2.05, 4.69) is 25.8 Å². The second-order valence-electron chi connectivity index (χ2n) is 3.64. The minimum Gasteiger partial charge on any atom is -0.364 e. The fourth-order valence-corrected chi connectivity index (χ4v) is 1.56. The van der Waals surface area contributed by atoms with Crippen molar-refractivity contribution in [1.29, 1.82) is 0 Å². The lowest BCUT2D eigenvalue weighted by molar-refractivity contribution is 0.1000. The van der Waals surface area contributed by atoms with Gasteiger partial charge in [0.25, 0.3) is 5.91 Å². The third-order valence-electron chi connectivity index (χ3n) is 1.46. The molecule has 3 nitrogen and oxygen atoms in total. The van der Waals surface area contributed by atoms with Gasteiger partial charge in [-0.15, -0.1) is 11.3 Å². The van der Waals surface area contributed by atoms with Gasteiger partial charge in [0, 0.05) is 12.5 Å². The zero-order chi connectivity index (χ0) is 11.4. The second-order valence-corrected chi connectivity index (χ2v) is 4.67. The van der Waals surface area contributed by atoms with Crippen molar-refractivity contribution >= 4 is 17.2 Å². The molecular formula is C10H20N2OS. The van der Waals surface area contributed by atoms with Gasteiger partial charge in [0.05, 0.1) is 0 Å². The van der Waals surface area contributed by atoms with E-state index in [1.54, 1.807) is 6.20 Å². The van der Waals surface area contributed by atoms with Gasteiger partial charge >= 0.3 is 0 Å². The Morgan fingerprint density at radius 3 is 2.21 bits per heavy atom. The number of primary amides is 1. The molecule has 14 heavy (non-hydrogen) atoms. The van der Waals surface area contributed by atoms with Crippen molar-refractivity contribution in [3.63, 3.8) is 0 Å². The zero-order valence-corrected chi connectivity index (χ0v) is 10.2. The summed E-state index contributed by atoms with van der Waals surface area (Å²) in [4.78, 5) is 15.7. The third-order valence-corrected chi connectivity index (χ3v) is 2.89. The number of nitrogens with two attached hydrogens (primary N) is 1. The Labute approximate surface area is 90.8 Å². The molecule has 4 heteroatoms. The van der Waals surface area contributed by atoms with Crippen molar-refractivity contribution in [3.8, 4) is 0 Å². The summed E-state index contributed by atoms with van der Waals surface area (Å²) in [6.07, 6.45) is 1.71. The molecule has 0 fully saturated rings. The third kappa shape index (κ3) is 3.46. The highest BCUT2D eigenvalue weighted by Crippen LogP contribution is 2.27. The van der Waals surface area contributed by atoms with Gasteiger partial charge in [-0.1, -0.05) is 34.6 Å². The van der Waals surface area contributed by atoms with Crippen LogP contribution >= 0.6 is 11.3 Å². The number of thiazole rings is 1. The molecule has 82 valence electrons. The van der Waals surface area contributed by atoms with Crippen molar-refractivity contribution in [2.75, 3.05) is 0 Å². The van der Waals surface area contributed by atoms with Crippen molar-refractivity contribution in [1.82, 2.24) is 4.98 Å². The van der Waals surface area contributed by atoms with Crippen molar-refractivity contribution in [3.05, 3.63) is 16.1 Å². The Morgan fingerprint density at radius 2 is 2.00 bits per heavy atom. The summed E-state index contributed by atoms with van der Waals surface area (Å²) >= 11 is 1.36. The molecule has 0 aromatic carbocycles. The highest BCUT2D eigenvalue weighted by molar-refractivity contribution is 7.13. The van der Waals surface area contributed by atoms with Crippen molar-refractivity contribution < 1.29 is 6.22 Å². The lowest BCUT2D eigenvalue weighted by atomic mass is 9.96. The average molecular weight is 216 g/mol. The number of aromatic nitrogens is 1. The largest absolute Gasteiger partial charge is 0.364 e. The number of hydrogen-bond donors (Lipinski definition) is 1. The molecule has 0 radical (unpaired) electrons. The van der Waals surface area contributed by atoms with Gasteiger partial charge in [-0.25, -0.2) is 4.98 Å². The molecule has 1 aromatic rings. The lowest BCUT2D eigenvalue weighted by Gasteiger charge is -2.14. The molecule has 0 spiro atoms. The number of rotatable bonds is 1. The van der Waals surface area contributed by atoms with E-state index in [0.717, 1.165) is 4.88 Å². The molecule has 1 heterocycles. The summed E-state index contributed by atoms with van der Waals surface area (Å²) in [5.74, 6) is -0.449. The van der Waals surface area contributed by atoms with E-state index in [9.17, 15) is 4.79 Å². The normalized spacial score (nSPS) is 10.4. The van der Waals surface area contributed by atoms with Crippen LogP contribution in [-0.2, 0) is 5.41 Å². The number of amides is 1. The number of carbonyl (C=O) groups is 1. The topological polar surface area (TPSA) is 56.0 Å².